The third-order valence-electron chi connectivity index (χ3n) is 10.7. The minimum absolute atomic E-state index is 0.0885. The molecule has 0 fully saturated rings. The van der Waals surface area contributed by atoms with Crippen LogP contribution >= 0.6 is 0 Å². The van der Waals surface area contributed by atoms with Crippen LogP contribution in [0.3, 0.4) is 0 Å². The molecule has 2 aromatic heterocycles. The van der Waals surface area contributed by atoms with Crippen molar-refractivity contribution in [3.63, 3.8) is 0 Å². The van der Waals surface area contributed by atoms with Crippen molar-refractivity contribution in [2.45, 2.75) is 65.2 Å². The van der Waals surface area contributed by atoms with Crippen molar-refractivity contribution in [1.29, 1.82) is 10.5 Å². The number of carbonyl (C=O) groups is 2. The largest absolute Gasteiger partial charge is 0.489 e. The van der Waals surface area contributed by atoms with E-state index in [0.29, 0.717) is 46.8 Å². The number of ether oxygens (including phenoxy) is 2. The van der Waals surface area contributed by atoms with Crippen molar-refractivity contribution in [3.8, 4) is 57.0 Å². The van der Waals surface area contributed by atoms with Gasteiger partial charge in [-0.3, -0.25) is 19.6 Å². The highest BCUT2D eigenvalue weighted by atomic mass is 16.5. The Morgan fingerprint density at radius 1 is 0.594 bits per heavy atom. The maximum absolute atomic E-state index is 11.0. The zero-order valence-electron chi connectivity index (χ0n) is 35.4. The number of aliphatic carboxylic acids is 2. The van der Waals surface area contributed by atoms with Crippen LogP contribution in [0, 0.1) is 36.5 Å². The summed E-state index contributed by atoms with van der Waals surface area (Å²) in [6, 6.07) is 31.3. The van der Waals surface area contributed by atoms with Crippen molar-refractivity contribution in [2.24, 2.45) is 0 Å². The highest BCUT2D eigenvalue weighted by Gasteiger charge is 2.16. The molecule has 0 spiro atoms. The summed E-state index contributed by atoms with van der Waals surface area (Å²) >= 11 is 0. The Balaban J connectivity index is 1.18. The van der Waals surface area contributed by atoms with E-state index in [1.807, 2.05) is 60.7 Å². The molecule has 14 nitrogen and oxygen atoms in total. The van der Waals surface area contributed by atoms with E-state index in [0.717, 1.165) is 55.6 Å². The van der Waals surface area contributed by atoms with Gasteiger partial charge < -0.3 is 40.5 Å². The van der Waals surface area contributed by atoms with Crippen LogP contribution in [0.2, 0.25) is 0 Å². The van der Waals surface area contributed by atoms with Gasteiger partial charge >= 0.3 is 11.9 Å². The van der Waals surface area contributed by atoms with Crippen LogP contribution in [-0.2, 0) is 35.9 Å². The van der Waals surface area contributed by atoms with Crippen LogP contribution in [0.25, 0.3) is 33.4 Å². The van der Waals surface area contributed by atoms with Gasteiger partial charge in [0.05, 0.1) is 36.2 Å². The number of aliphatic hydroxyl groups is 2. The van der Waals surface area contributed by atoms with Gasteiger partial charge in [0.1, 0.15) is 36.9 Å². The third-order valence-corrected chi connectivity index (χ3v) is 10.7. The van der Waals surface area contributed by atoms with Gasteiger partial charge in [-0.05, 0) is 106 Å². The Kier molecular flexibility index (Phi) is 15.9. The van der Waals surface area contributed by atoms with E-state index in [9.17, 15) is 30.3 Å². The van der Waals surface area contributed by atoms with Crippen molar-refractivity contribution in [1.82, 2.24) is 20.6 Å². The van der Waals surface area contributed by atoms with E-state index in [1.165, 1.54) is 12.4 Å². The molecule has 6 aromatic rings. The molecule has 64 heavy (non-hydrogen) atoms. The summed E-state index contributed by atoms with van der Waals surface area (Å²) < 4.78 is 12.8. The Morgan fingerprint density at radius 3 is 1.41 bits per heavy atom. The Morgan fingerprint density at radius 2 is 1.02 bits per heavy atom. The first-order valence-electron chi connectivity index (χ1n) is 20.5. The molecule has 0 saturated heterocycles. The standard InChI is InChI=1S/C50H48N6O8/c1-31-37(29-63-43-11-9-35(23-55-27-41(57)15-49(59)60)47(17-43)39-13-33(19-51)21-53-25-39)5-3-7-45(31)46-8-4-6-38(32(46)2)30-64-44-12-10-36(24-56-28-42(58)16-50(61)62)48(18-44)40-14-34(20-52)22-54-26-40/h3-14,17-18,21-22,25-26,41-42,55-58H,15-16,23-24,27-30H2,1-2H3,(H,59,60)(H,61,62)/t41-,42-/m0/s1. The predicted octanol–water partition coefficient (Wildman–Crippen LogP) is 6.85. The van der Waals surface area contributed by atoms with E-state index >= 15 is 0 Å². The van der Waals surface area contributed by atoms with Gasteiger partial charge in [-0.15, -0.1) is 0 Å². The Labute approximate surface area is 371 Å². The van der Waals surface area contributed by atoms with Gasteiger partial charge in [-0.25, -0.2) is 0 Å². The highest BCUT2D eigenvalue weighted by molar-refractivity contribution is 5.74. The first kappa shape index (κ1) is 46.1. The maximum atomic E-state index is 11.0. The first-order chi connectivity index (χ1) is 30.9. The summed E-state index contributed by atoms with van der Waals surface area (Å²) in [6.45, 7) is 5.53. The van der Waals surface area contributed by atoms with Crippen LogP contribution in [0.4, 0.5) is 0 Å². The van der Waals surface area contributed by atoms with Gasteiger partial charge in [0.25, 0.3) is 0 Å². The lowest BCUT2D eigenvalue weighted by Crippen LogP contribution is -2.28. The van der Waals surface area contributed by atoms with E-state index in [1.54, 1.807) is 24.5 Å². The molecule has 14 heteroatoms. The van der Waals surface area contributed by atoms with E-state index in [4.69, 9.17) is 19.7 Å². The Bertz CT molecular complexity index is 2520. The summed E-state index contributed by atoms with van der Waals surface area (Å²) in [5.74, 6) is -0.962. The Hall–Kier alpha value is -7.46. The zero-order chi connectivity index (χ0) is 45.6. The van der Waals surface area contributed by atoms with Crippen molar-refractivity contribution in [2.75, 3.05) is 13.1 Å². The molecule has 0 aliphatic rings. The molecule has 0 unspecified atom stereocenters. The normalized spacial score (nSPS) is 11.8. The summed E-state index contributed by atoms with van der Waals surface area (Å²) in [5.41, 5.74) is 11.7. The molecular formula is C50H48N6O8. The van der Waals surface area contributed by atoms with Crippen LogP contribution < -0.4 is 20.1 Å². The molecule has 2 atom stereocenters. The number of rotatable bonds is 21. The number of carboxylic acids is 2. The molecule has 0 radical (unpaired) electrons. The molecule has 0 aliphatic heterocycles. The topological polar surface area (TPSA) is 231 Å². The summed E-state index contributed by atoms with van der Waals surface area (Å²) in [5, 5.41) is 63.4. The zero-order valence-corrected chi connectivity index (χ0v) is 35.4. The fourth-order valence-corrected chi connectivity index (χ4v) is 7.31. The van der Waals surface area contributed by atoms with Crippen molar-refractivity contribution >= 4 is 11.9 Å². The molecule has 0 aliphatic carbocycles. The van der Waals surface area contributed by atoms with Gasteiger partial charge in [0.2, 0.25) is 0 Å². The quantitative estimate of drug-likeness (QED) is 0.0435. The average molecular weight is 861 g/mol. The smallest absolute Gasteiger partial charge is 0.306 e. The van der Waals surface area contributed by atoms with E-state index < -0.39 is 24.1 Å². The molecule has 0 amide bonds. The summed E-state index contributed by atoms with van der Waals surface area (Å²) in [7, 11) is 0. The second-order valence-corrected chi connectivity index (χ2v) is 15.3. The fraction of sp³-hybridized carbons (Fsp3) is 0.240. The molecular weight excluding hydrogens is 813 g/mol. The monoisotopic (exact) mass is 860 g/mol. The third kappa shape index (κ3) is 12.3. The molecule has 326 valence electrons. The number of hydrogen-bond donors (Lipinski definition) is 6. The number of nitriles is 2. The lowest BCUT2D eigenvalue weighted by atomic mass is 9.92. The second-order valence-electron chi connectivity index (χ2n) is 15.3. The van der Waals surface area contributed by atoms with E-state index in [2.05, 4.69) is 58.7 Å². The van der Waals surface area contributed by atoms with Crippen LogP contribution in [0.15, 0.2) is 110 Å². The molecule has 6 N–H and O–H groups in total. The molecule has 0 saturated carbocycles. The summed E-state index contributed by atoms with van der Waals surface area (Å²) in [6.07, 6.45) is 3.49. The van der Waals surface area contributed by atoms with Gasteiger partial charge in [-0.1, -0.05) is 48.5 Å². The van der Waals surface area contributed by atoms with Crippen molar-refractivity contribution in [3.05, 3.63) is 154 Å². The second kappa shape index (κ2) is 22.1. The van der Waals surface area contributed by atoms with Crippen LogP contribution in [0.1, 0.15) is 57.3 Å². The van der Waals surface area contributed by atoms with Gasteiger partial charge in [0.15, 0.2) is 0 Å². The lowest BCUT2D eigenvalue weighted by molar-refractivity contribution is -0.140. The van der Waals surface area contributed by atoms with Crippen molar-refractivity contribution < 1.29 is 39.5 Å². The molecule has 0 bridgehead atoms. The minimum atomic E-state index is -1.08. The number of hydrogen-bond acceptors (Lipinski definition) is 12. The van der Waals surface area contributed by atoms with Gasteiger partial charge in [-0.2, -0.15) is 10.5 Å². The van der Waals surface area contributed by atoms with Gasteiger partial charge in [0, 0.05) is 62.1 Å². The predicted molar refractivity (Wildman–Crippen MR) is 239 cm³/mol. The average Bonchev–Trinajstić information content (AvgIpc) is 3.28. The number of pyridine rings is 2. The van der Waals surface area contributed by atoms with Crippen LogP contribution in [0.5, 0.6) is 11.5 Å². The maximum Gasteiger partial charge on any atom is 0.306 e. The number of carboxylic acid groups (broad SMARTS) is 2. The molecule has 2 heterocycles. The lowest BCUT2D eigenvalue weighted by Gasteiger charge is -2.18. The number of benzene rings is 4. The number of nitrogens with one attached hydrogen (secondary N) is 2. The number of aromatic nitrogens is 2. The highest BCUT2D eigenvalue weighted by Crippen LogP contribution is 2.34. The number of nitrogens with zero attached hydrogens (tertiary/aromatic N) is 4. The van der Waals surface area contributed by atoms with Crippen LogP contribution in [-0.4, -0.2) is 67.6 Å². The van der Waals surface area contributed by atoms with E-state index in [-0.39, 0.29) is 39.1 Å². The minimum Gasteiger partial charge on any atom is -0.489 e. The fourth-order valence-electron chi connectivity index (χ4n) is 7.31. The summed E-state index contributed by atoms with van der Waals surface area (Å²) in [4.78, 5) is 30.5. The number of aliphatic hydroxyl groups excluding tert-OH is 2. The molecule has 6 rings (SSSR count). The first-order valence-corrected chi connectivity index (χ1v) is 20.5. The molecule has 4 aromatic carbocycles. The SMILES string of the molecule is Cc1c(COc2ccc(CNC[C@@H](O)CC(=O)O)c(-c3cncc(C#N)c3)c2)cccc1-c1cccc(COc2ccc(CNC[C@@H](O)CC(=O)O)c(-c3cncc(C#N)c3)c2)c1C.